The normalized spacial score (nSPS) is 12.2. The maximum atomic E-state index is 13.5. The number of benzene rings is 5. The molecule has 1 heterocycles. The minimum atomic E-state index is -0.871. The van der Waals surface area contributed by atoms with E-state index in [1.807, 2.05) is 66.9 Å². The molecule has 196 valence electrons. The van der Waals surface area contributed by atoms with Crippen LogP contribution in [-0.4, -0.2) is 29.1 Å². The van der Waals surface area contributed by atoms with Crippen molar-refractivity contribution in [2.75, 3.05) is 0 Å². The standard InChI is InChI=1S/C33H25ClN4O2/c34-25-15-13-21(14-16-25)32(39)37-31(18-24-19-35-30-12-6-5-11-28(24)30)33(40)38-36-20-29-26-9-3-1-7-22(26)17-23-8-2-4-10-27(23)29/h1-17,19-20,31,35H,18H2,(H,37,39)(H,38,40)/b36-20-/t31-/m1/s1. The van der Waals surface area contributed by atoms with Gasteiger partial charge >= 0.3 is 0 Å². The Morgan fingerprint density at radius 3 is 2.15 bits per heavy atom. The second-order valence-corrected chi connectivity index (χ2v) is 10.00. The van der Waals surface area contributed by atoms with Crippen molar-refractivity contribution in [1.29, 1.82) is 0 Å². The molecule has 0 fully saturated rings. The molecular formula is C33H25ClN4O2. The summed E-state index contributed by atoms with van der Waals surface area (Å²) in [6.45, 7) is 0. The van der Waals surface area contributed by atoms with Gasteiger partial charge in [0.15, 0.2) is 0 Å². The van der Waals surface area contributed by atoms with Gasteiger partial charge in [-0.3, -0.25) is 9.59 Å². The summed E-state index contributed by atoms with van der Waals surface area (Å²) in [5, 5.41) is 13.0. The average Bonchev–Trinajstić information content (AvgIpc) is 3.39. The van der Waals surface area contributed by atoms with Crippen LogP contribution in [0.3, 0.4) is 0 Å². The second-order valence-electron chi connectivity index (χ2n) is 9.56. The molecule has 40 heavy (non-hydrogen) atoms. The molecule has 0 aliphatic carbocycles. The van der Waals surface area contributed by atoms with Crippen LogP contribution in [0.15, 0.2) is 114 Å². The summed E-state index contributed by atoms with van der Waals surface area (Å²) in [5.74, 6) is -0.797. The van der Waals surface area contributed by atoms with Crippen LogP contribution < -0.4 is 10.7 Å². The summed E-state index contributed by atoms with van der Waals surface area (Å²) in [6, 6.07) is 31.8. The zero-order chi connectivity index (χ0) is 27.5. The van der Waals surface area contributed by atoms with Crippen molar-refractivity contribution in [1.82, 2.24) is 15.7 Å². The number of hydrazone groups is 1. The van der Waals surface area contributed by atoms with Crippen LogP contribution in [0.1, 0.15) is 21.5 Å². The molecule has 2 amide bonds. The number of aromatic nitrogens is 1. The zero-order valence-electron chi connectivity index (χ0n) is 21.4. The van der Waals surface area contributed by atoms with E-state index in [9.17, 15) is 9.59 Å². The van der Waals surface area contributed by atoms with Gasteiger partial charge in [0.25, 0.3) is 11.8 Å². The smallest absolute Gasteiger partial charge is 0.262 e. The molecule has 6 rings (SSSR count). The van der Waals surface area contributed by atoms with Crippen molar-refractivity contribution in [2.45, 2.75) is 12.5 Å². The Balaban J connectivity index is 1.29. The first-order valence-corrected chi connectivity index (χ1v) is 13.3. The van der Waals surface area contributed by atoms with Crippen molar-refractivity contribution < 1.29 is 9.59 Å². The van der Waals surface area contributed by atoms with E-state index in [4.69, 9.17) is 11.6 Å². The number of carbonyl (C=O) groups excluding carboxylic acids is 2. The Bertz CT molecular complexity index is 1840. The van der Waals surface area contributed by atoms with Gasteiger partial charge in [0.05, 0.1) is 6.21 Å². The first-order valence-electron chi connectivity index (χ1n) is 12.9. The van der Waals surface area contributed by atoms with E-state index in [1.165, 1.54) is 0 Å². The lowest BCUT2D eigenvalue weighted by Crippen LogP contribution is -2.46. The summed E-state index contributed by atoms with van der Waals surface area (Å²) in [6.07, 6.45) is 3.82. The molecule has 0 saturated carbocycles. The minimum Gasteiger partial charge on any atom is -0.361 e. The topological polar surface area (TPSA) is 86.3 Å². The molecule has 1 atom stereocenters. The molecule has 0 spiro atoms. The lowest BCUT2D eigenvalue weighted by atomic mass is 9.97. The summed E-state index contributed by atoms with van der Waals surface area (Å²) in [7, 11) is 0. The SMILES string of the molecule is O=C(N[C@H](Cc1c[nH]c2ccccc12)C(=O)N/N=C\c1c2ccccc2cc2ccccc12)c1ccc(Cl)cc1. The molecule has 6 nitrogen and oxygen atoms in total. The number of para-hydroxylation sites is 1. The van der Waals surface area contributed by atoms with Crippen LogP contribution >= 0.6 is 11.6 Å². The van der Waals surface area contributed by atoms with E-state index in [2.05, 4.69) is 39.0 Å². The molecule has 7 heteroatoms. The number of rotatable bonds is 7. The number of hydrogen-bond acceptors (Lipinski definition) is 3. The van der Waals surface area contributed by atoms with Gasteiger partial charge in [-0.25, -0.2) is 5.43 Å². The molecular weight excluding hydrogens is 520 g/mol. The van der Waals surface area contributed by atoms with Crippen LogP contribution in [0.25, 0.3) is 32.4 Å². The highest BCUT2D eigenvalue weighted by atomic mass is 35.5. The first-order chi connectivity index (χ1) is 19.6. The number of H-pyrrole nitrogens is 1. The molecule has 0 unspecified atom stereocenters. The maximum Gasteiger partial charge on any atom is 0.262 e. The fraction of sp³-hybridized carbons (Fsp3) is 0.0606. The van der Waals surface area contributed by atoms with Crippen LogP contribution in [0, 0.1) is 0 Å². The maximum absolute atomic E-state index is 13.5. The second kappa shape index (κ2) is 11.0. The third kappa shape index (κ3) is 5.17. The Morgan fingerprint density at radius 2 is 1.45 bits per heavy atom. The van der Waals surface area contributed by atoms with E-state index in [0.29, 0.717) is 10.6 Å². The van der Waals surface area contributed by atoms with Gasteiger partial charge < -0.3 is 10.3 Å². The van der Waals surface area contributed by atoms with Gasteiger partial charge in [0, 0.05) is 39.7 Å². The van der Waals surface area contributed by atoms with Gasteiger partial charge in [0.1, 0.15) is 6.04 Å². The van der Waals surface area contributed by atoms with Gasteiger partial charge in [0.2, 0.25) is 0 Å². The van der Waals surface area contributed by atoms with Crippen LogP contribution in [0.4, 0.5) is 0 Å². The zero-order valence-corrected chi connectivity index (χ0v) is 22.2. The minimum absolute atomic E-state index is 0.280. The summed E-state index contributed by atoms with van der Waals surface area (Å²) in [5.41, 5.74) is 5.86. The molecule has 0 bridgehead atoms. The quantitative estimate of drug-likeness (QED) is 0.120. The number of amides is 2. The summed E-state index contributed by atoms with van der Waals surface area (Å²) >= 11 is 5.99. The fourth-order valence-electron chi connectivity index (χ4n) is 5.00. The van der Waals surface area contributed by atoms with Gasteiger partial charge in [-0.1, -0.05) is 78.3 Å². The third-order valence-corrected chi connectivity index (χ3v) is 7.26. The average molecular weight is 545 g/mol. The van der Waals surface area contributed by atoms with Gasteiger partial charge in [-0.05, 0) is 63.5 Å². The van der Waals surface area contributed by atoms with E-state index < -0.39 is 11.9 Å². The molecule has 5 aromatic carbocycles. The molecule has 0 saturated heterocycles. The predicted octanol–water partition coefficient (Wildman–Crippen LogP) is 6.62. The molecule has 6 aromatic rings. The Morgan fingerprint density at radius 1 is 0.825 bits per heavy atom. The highest BCUT2D eigenvalue weighted by Crippen LogP contribution is 2.27. The Hall–Kier alpha value is -4.94. The summed E-state index contributed by atoms with van der Waals surface area (Å²) < 4.78 is 0. The van der Waals surface area contributed by atoms with Crippen molar-refractivity contribution in [3.8, 4) is 0 Å². The number of halogens is 1. The molecule has 1 aromatic heterocycles. The fourth-order valence-corrected chi connectivity index (χ4v) is 5.12. The number of nitrogens with zero attached hydrogens (tertiary/aromatic N) is 1. The lowest BCUT2D eigenvalue weighted by molar-refractivity contribution is -0.122. The summed E-state index contributed by atoms with van der Waals surface area (Å²) in [4.78, 5) is 29.8. The number of nitrogens with one attached hydrogen (secondary N) is 3. The van der Waals surface area contributed by atoms with Gasteiger partial charge in [-0.2, -0.15) is 5.10 Å². The predicted molar refractivity (Wildman–Crippen MR) is 162 cm³/mol. The highest BCUT2D eigenvalue weighted by Gasteiger charge is 2.23. The molecule has 0 aliphatic rings. The monoisotopic (exact) mass is 544 g/mol. The number of fused-ring (bicyclic) bond motifs is 3. The van der Waals surface area contributed by atoms with E-state index >= 15 is 0 Å². The van der Waals surface area contributed by atoms with Crippen LogP contribution in [0.5, 0.6) is 0 Å². The van der Waals surface area contributed by atoms with Crippen molar-refractivity contribution >= 4 is 62.1 Å². The highest BCUT2D eigenvalue weighted by molar-refractivity contribution is 6.30. The third-order valence-electron chi connectivity index (χ3n) is 7.01. The van der Waals surface area contributed by atoms with Crippen molar-refractivity contribution in [3.63, 3.8) is 0 Å². The molecule has 3 N–H and O–H groups in total. The Labute approximate surface area is 235 Å². The van der Waals surface area contributed by atoms with Crippen LogP contribution in [0.2, 0.25) is 5.02 Å². The van der Waals surface area contributed by atoms with E-state index in [-0.39, 0.29) is 12.3 Å². The van der Waals surface area contributed by atoms with E-state index in [0.717, 1.165) is 43.6 Å². The molecule has 0 aliphatic heterocycles. The van der Waals surface area contributed by atoms with Crippen LogP contribution in [-0.2, 0) is 11.2 Å². The Kier molecular flexibility index (Phi) is 7.00. The number of hydrogen-bond donors (Lipinski definition) is 3. The van der Waals surface area contributed by atoms with Crippen molar-refractivity contribution in [3.05, 3.63) is 131 Å². The lowest BCUT2D eigenvalue weighted by Gasteiger charge is -2.17. The van der Waals surface area contributed by atoms with E-state index in [1.54, 1.807) is 30.5 Å². The first kappa shape index (κ1) is 25.3. The largest absolute Gasteiger partial charge is 0.361 e. The number of aromatic amines is 1. The molecule has 0 radical (unpaired) electrons. The van der Waals surface area contributed by atoms with Crippen molar-refractivity contribution in [2.24, 2.45) is 5.10 Å². The number of carbonyl (C=O) groups is 2. The van der Waals surface area contributed by atoms with Gasteiger partial charge in [-0.15, -0.1) is 0 Å².